The molecule has 1 aromatic carbocycles. The van der Waals surface area contributed by atoms with E-state index in [4.69, 9.17) is 10.2 Å². The minimum atomic E-state index is -0.446. The predicted octanol–water partition coefficient (Wildman–Crippen LogP) is 2.71. The van der Waals surface area contributed by atoms with Gasteiger partial charge in [0.25, 0.3) is 0 Å². The lowest BCUT2D eigenvalue weighted by molar-refractivity contribution is 0.235. The molecule has 0 radical (unpaired) electrons. The molecule has 10 heteroatoms. The Morgan fingerprint density at radius 2 is 2.20 bits per heavy atom. The highest BCUT2D eigenvalue weighted by molar-refractivity contribution is 9.10. The van der Waals surface area contributed by atoms with Crippen LogP contribution in [0.4, 0.5) is 20.6 Å². The standard InChI is InChI=1S/C15H17BrFN5O3/c16-11-6-9(2-3-12(11)17)20-14(22-24)10-7-25-8-13(10)21-15(23)19-5-1-4-18/h2-3,6-8,24H,1,4-5,18H2,(H,20,22)(H2,19,21,23). The van der Waals surface area contributed by atoms with Crippen molar-refractivity contribution >= 4 is 39.2 Å². The van der Waals surface area contributed by atoms with Crippen LogP contribution in [-0.2, 0) is 0 Å². The summed E-state index contributed by atoms with van der Waals surface area (Å²) in [7, 11) is 0. The molecule has 25 heavy (non-hydrogen) atoms. The van der Waals surface area contributed by atoms with Gasteiger partial charge < -0.3 is 20.8 Å². The van der Waals surface area contributed by atoms with Gasteiger partial charge in [-0.15, -0.1) is 0 Å². The van der Waals surface area contributed by atoms with E-state index < -0.39 is 11.8 Å². The zero-order valence-electron chi connectivity index (χ0n) is 13.1. The van der Waals surface area contributed by atoms with Crippen LogP contribution in [0, 0.1) is 5.82 Å². The number of aliphatic imine (C=N–C) groups is 1. The number of nitrogens with one attached hydrogen (secondary N) is 3. The highest BCUT2D eigenvalue weighted by Gasteiger charge is 2.14. The molecule has 8 nitrogen and oxygen atoms in total. The number of urea groups is 1. The molecule has 0 aliphatic heterocycles. The van der Waals surface area contributed by atoms with E-state index in [2.05, 4.69) is 31.6 Å². The minimum Gasteiger partial charge on any atom is -0.470 e. The van der Waals surface area contributed by atoms with Crippen LogP contribution >= 0.6 is 15.9 Å². The molecular formula is C15H17BrFN5O3. The second kappa shape index (κ2) is 9.16. The average Bonchev–Trinajstić information content (AvgIpc) is 3.04. The van der Waals surface area contributed by atoms with E-state index in [1.165, 1.54) is 30.7 Å². The van der Waals surface area contributed by atoms with Gasteiger partial charge in [-0.3, -0.25) is 10.7 Å². The maximum atomic E-state index is 13.3. The lowest BCUT2D eigenvalue weighted by atomic mass is 10.2. The number of hydrogen-bond acceptors (Lipinski definition) is 5. The van der Waals surface area contributed by atoms with Crippen molar-refractivity contribution in [1.82, 2.24) is 10.8 Å². The highest BCUT2D eigenvalue weighted by Crippen LogP contribution is 2.24. The molecule has 0 fully saturated rings. The maximum Gasteiger partial charge on any atom is 0.319 e. The molecule has 1 aromatic heterocycles. The number of hydroxylamine groups is 1. The molecule has 0 atom stereocenters. The number of rotatable bonds is 6. The molecule has 0 bridgehead atoms. The Hall–Kier alpha value is -2.43. The summed E-state index contributed by atoms with van der Waals surface area (Å²) in [6.45, 7) is 0.897. The maximum absolute atomic E-state index is 13.3. The van der Waals surface area contributed by atoms with Crippen molar-refractivity contribution < 1.29 is 18.8 Å². The van der Waals surface area contributed by atoms with E-state index in [1.54, 1.807) is 0 Å². The first kappa shape index (κ1) is 18.9. The van der Waals surface area contributed by atoms with Crippen LogP contribution in [-0.4, -0.2) is 30.2 Å². The van der Waals surface area contributed by atoms with Crippen LogP contribution in [0.2, 0.25) is 0 Å². The molecule has 0 unspecified atom stereocenters. The van der Waals surface area contributed by atoms with Crippen LogP contribution in [0.3, 0.4) is 0 Å². The summed E-state index contributed by atoms with van der Waals surface area (Å²) in [5.41, 5.74) is 8.30. The molecule has 6 N–H and O–H groups in total. The average molecular weight is 414 g/mol. The molecule has 0 saturated carbocycles. The Morgan fingerprint density at radius 3 is 2.88 bits per heavy atom. The predicted molar refractivity (Wildman–Crippen MR) is 94.6 cm³/mol. The molecule has 0 spiro atoms. The molecule has 134 valence electrons. The largest absolute Gasteiger partial charge is 0.470 e. The number of nitrogens with zero attached hydrogens (tertiary/aromatic N) is 1. The van der Waals surface area contributed by atoms with Crippen LogP contribution in [0.1, 0.15) is 12.0 Å². The number of anilines is 1. The van der Waals surface area contributed by atoms with E-state index in [0.29, 0.717) is 36.4 Å². The van der Waals surface area contributed by atoms with Crippen LogP contribution in [0.15, 0.2) is 44.6 Å². The zero-order valence-corrected chi connectivity index (χ0v) is 14.6. The fraction of sp³-hybridized carbons (Fsp3) is 0.200. The summed E-state index contributed by atoms with van der Waals surface area (Å²) >= 11 is 3.06. The third-order valence-electron chi connectivity index (χ3n) is 3.08. The summed E-state index contributed by atoms with van der Waals surface area (Å²) in [6.07, 6.45) is 3.25. The van der Waals surface area contributed by atoms with E-state index in [9.17, 15) is 14.4 Å². The molecule has 1 heterocycles. The normalized spacial score (nSPS) is 11.3. The van der Waals surface area contributed by atoms with Gasteiger partial charge in [-0.05, 0) is 47.1 Å². The first-order chi connectivity index (χ1) is 12.0. The Morgan fingerprint density at radius 1 is 1.40 bits per heavy atom. The number of halogens is 2. The lowest BCUT2D eigenvalue weighted by Gasteiger charge is -2.08. The number of nitrogens with two attached hydrogens (primary N) is 1. The summed E-state index contributed by atoms with van der Waals surface area (Å²) in [6, 6.07) is 3.67. The molecule has 2 rings (SSSR count). The number of amidine groups is 1. The van der Waals surface area contributed by atoms with Gasteiger partial charge in [0.05, 0.1) is 21.4 Å². The summed E-state index contributed by atoms with van der Waals surface area (Å²) in [5, 5.41) is 14.6. The highest BCUT2D eigenvalue weighted by atomic mass is 79.9. The van der Waals surface area contributed by atoms with Crippen molar-refractivity contribution in [2.45, 2.75) is 6.42 Å². The first-order valence-corrected chi connectivity index (χ1v) is 8.09. The molecular weight excluding hydrogens is 397 g/mol. The Kier molecular flexibility index (Phi) is 6.92. The van der Waals surface area contributed by atoms with Gasteiger partial charge in [-0.25, -0.2) is 14.2 Å². The fourth-order valence-corrected chi connectivity index (χ4v) is 2.24. The van der Waals surface area contributed by atoms with Gasteiger partial charge in [-0.2, -0.15) is 0 Å². The second-order valence-electron chi connectivity index (χ2n) is 4.89. The van der Waals surface area contributed by atoms with E-state index in [0.717, 1.165) is 0 Å². The van der Waals surface area contributed by atoms with Crippen molar-refractivity contribution in [3.8, 4) is 0 Å². The van der Waals surface area contributed by atoms with E-state index >= 15 is 0 Å². The number of furan rings is 1. The number of hydrogen-bond donors (Lipinski definition) is 5. The van der Waals surface area contributed by atoms with Gasteiger partial charge in [-0.1, -0.05) is 0 Å². The minimum absolute atomic E-state index is 0.0181. The summed E-state index contributed by atoms with van der Waals surface area (Å²) in [5.74, 6) is -0.415. The van der Waals surface area contributed by atoms with Crippen molar-refractivity contribution in [3.63, 3.8) is 0 Å². The molecule has 2 aromatic rings. The van der Waals surface area contributed by atoms with Gasteiger partial charge in [0.1, 0.15) is 18.3 Å². The number of benzene rings is 1. The molecule has 2 amide bonds. The summed E-state index contributed by atoms with van der Waals surface area (Å²) < 4.78 is 18.6. The monoisotopic (exact) mass is 413 g/mol. The van der Waals surface area contributed by atoms with Crippen molar-refractivity contribution in [2.75, 3.05) is 18.4 Å². The van der Waals surface area contributed by atoms with Gasteiger partial charge >= 0.3 is 6.03 Å². The molecule has 0 saturated heterocycles. The first-order valence-electron chi connectivity index (χ1n) is 7.30. The van der Waals surface area contributed by atoms with Crippen molar-refractivity contribution in [1.29, 1.82) is 0 Å². The molecule has 0 aliphatic carbocycles. The Labute approximate surface area is 151 Å². The number of carbonyl (C=O) groups is 1. The van der Waals surface area contributed by atoms with Crippen LogP contribution < -0.4 is 21.8 Å². The quantitative estimate of drug-likeness (QED) is 0.215. The number of amides is 2. The Balaban J connectivity index is 2.18. The molecule has 0 aliphatic rings. The third kappa shape index (κ3) is 5.28. The Bertz CT molecular complexity index is 765. The lowest BCUT2D eigenvalue weighted by Crippen LogP contribution is -2.31. The SMILES string of the molecule is NCCCNC(=O)Nc1cocc1C(=Nc1ccc(F)c(Br)c1)NO. The van der Waals surface area contributed by atoms with Crippen LogP contribution in [0.25, 0.3) is 0 Å². The topological polar surface area (TPSA) is 125 Å². The van der Waals surface area contributed by atoms with E-state index in [1.807, 2.05) is 5.48 Å². The zero-order chi connectivity index (χ0) is 18.2. The third-order valence-corrected chi connectivity index (χ3v) is 3.69. The fourth-order valence-electron chi connectivity index (χ4n) is 1.88. The number of carbonyl (C=O) groups excluding carboxylic acids is 1. The second-order valence-corrected chi connectivity index (χ2v) is 5.75. The van der Waals surface area contributed by atoms with Crippen molar-refractivity contribution in [2.24, 2.45) is 10.7 Å². The van der Waals surface area contributed by atoms with Crippen LogP contribution in [0.5, 0.6) is 0 Å². The summed E-state index contributed by atoms with van der Waals surface area (Å²) in [4.78, 5) is 16.0. The van der Waals surface area contributed by atoms with Crippen molar-refractivity contribution in [3.05, 3.63) is 46.6 Å². The smallest absolute Gasteiger partial charge is 0.319 e. The van der Waals surface area contributed by atoms with E-state index in [-0.39, 0.29) is 10.3 Å². The van der Waals surface area contributed by atoms with Gasteiger partial charge in [0, 0.05) is 6.54 Å². The van der Waals surface area contributed by atoms with Gasteiger partial charge in [0.2, 0.25) is 0 Å². The van der Waals surface area contributed by atoms with Gasteiger partial charge in [0.15, 0.2) is 5.84 Å².